The van der Waals surface area contributed by atoms with Gasteiger partial charge in [-0.2, -0.15) is 5.26 Å². The van der Waals surface area contributed by atoms with Crippen molar-refractivity contribution in [1.29, 1.82) is 5.26 Å². The van der Waals surface area contributed by atoms with E-state index in [4.69, 9.17) is 14.7 Å². The van der Waals surface area contributed by atoms with Crippen LogP contribution in [0.2, 0.25) is 0 Å². The van der Waals surface area contributed by atoms with Crippen LogP contribution in [-0.4, -0.2) is 14.2 Å². The zero-order chi connectivity index (χ0) is 12.3. The van der Waals surface area contributed by atoms with Gasteiger partial charge in [-0.25, -0.2) is 4.39 Å². The third kappa shape index (κ3) is 2.25. The van der Waals surface area contributed by atoms with E-state index in [0.717, 1.165) is 0 Å². The van der Waals surface area contributed by atoms with Crippen molar-refractivity contribution in [3.63, 3.8) is 0 Å². The Morgan fingerprint density at radius 1 is 1.25 bits per heavy atom. The molecule has 3 nitrogen and oxygen atoms in total. The van der Waals surface area contributed by atoms with Crippen molar-refractivity contribution in [2.24, 2.45) is 0 Å². The molecule has 86 valence electrons. The maximum absolute atomic E-state index is 13.8. The molecule has 0 fully saturated rings. The van der Waals surface area contributed by atoms with Gasteiger partial charge in [0.1, 0.15) is 11.7 Å². The molecule has 16 heavy (non-hydrogen) atoms. The zero-order valence-corrected chi connectivity index (χ0v) is 9.80. The van der Waals surface area contributed by atoms with Gasteiger partial charge in [-0.1, -0.05) is 0 Å². The summed E-state index contributed by atoms with van der Waals surface area (Å²) in [4.78, 5) is 0. The van der Waals surface area contributed by atoms with E-state index < -0.39 is 5.67 Å². The second-order valence-electron chi connectivity index (χ2n) is 3.84. The predicted octanol–water partition coefficient (Wildman–Crippen LogP) is 2.78. The molecule has 0 heterocycles. The Balaban J connectivity index is 3.45. The summed E-state index contributed by atoms with van der Waals surface area (Å²) in [5.74, 6) is 0.695. The largest absolute Gasteiger partial charge is 0.493 e. The number of ether oxygens (including phenoxy) is 2. The molecule has 0 aromatic heterocycles. The SMILES string of the molecule is COc1cc(C(C)(C)F)cc(C#N)c1OC. The van der Waals surface area contributed by atoms with Crippen molar-refractivity contribution < 1.29 is 13.9 Å². The van der Waals surface area contributed by atoms with Crippen molar-refractivity contribution in [3.05, 3.63) is 23.3 Å². The lowest BCUT2D eigenvalue weighted by atomic mass is 9.97. The van der Waals surface area contributed by atoms with Crippen LogP contribution in [0.4, 0.5) is 4.39 Å². The van der Waals surface area contributed by atoms with E-state index in [1.165, 1.54) is 34.1 Å². The van der Waals surface area contributed by atoms with Crippen LogP contribution in [0, 0.1) is 11.3 Å². The molecule has 0 spiro atoms. The molecule has 1 aromatic rings. The maximum atomic E-state index is 13.8. The summed E-state index contributed by atoms with van der Waals surface area (Å²) < 4.78 is 23.9. The molecule has 0 saturated carbocycles. The van der Waals surface area contributed by atoms with E-state index in [2.05, 4.69) is 0 Å². The lowest BCUT2D eigenvalue weighted by Gasteiger charge is -2.18. The standard InChI is InChI=1S/C12H14FNO2/c1-12(2,13)9-5-8(7-14)11(16-4)10(6-9)15-3/h5-6H,1-4H3. The molecule has 1 rings (SSSR count). The van der Waals surface area contributed by atoms with Gasteiger partial charge in [0.05, 0.1) is 19.8 Å². The Bertz CT molecular complexity index is 430. The van der Waals surface area contributed by atoms with Crippen molar-refractivity contribution in [3.8, 4) is 17.6 Å². The molecule has 0 saturated heterocycles. The molecule has 0 aliphatic carbocycles. The summed E-state index contributed by atoms with van der Waals surface area (Å²) in [6, 6.07) is 4.98. The van der Waals surface area contributed by atoms with Crippen LogP contribution in [0.5, 0.6) is 11.5 Å². The molecule has 0 atom stereocenters. The maximum Gasteiger partial charge on any atom is 0.178 e. The minimum Gasteiger partial charge on any atom is -0.493 e. The van der Waals surface area contributed by atoms with E-state index in [9.17, 15) is 4.39 Å². The molecule has 0 N–H and O–H groups in total. The van der Waals surface area contributed by atoms with Gasteiger partial charge in [0.15, 0.2) is 11.5 Å². The average Bonchev–Trinajstić information content (AvgIpc) is 2.25. The number of nitriles is 1. The molecule has 0 bridgehead atoms. The number of rotatable bonds is 3. The van der Waals surface area contributed by atoms with Crippen molar-refractivity contribution >= 4 is 0 Å². The Hall–Kier alpha value is -1.76. The summed E-state index contributed by atoms with van der Waals surface area (Å²) in [5.41, 5.74) is -0.866. The van der Waals surface area contributed by atoms with Gasteiger partial charge in [0.25, 0.3) is 0 Å². The number of halogens is 1. The van der Waals surface area contributed by atoms with Gasteiger partial charge >= 0.3 is 0 Å². The lowest BCUT2D eigenvalue weighted by Crippen LogP contribution is -2.10. The number of benzene rings is 1. The third-order valence-corrected chi connectivity index (χ3v) is 2.29. The molecule has 1 aromatic carbocycles. The molecule has 0 amide bonds. The average molecular weight is 223 g/mol. The van der Waals surface area contributed by atoms with E-state index in [1.807, 2.05) is 6.07 Å². The van der Waals surface area contributed by atoms with Crippen molar-refractivity contribution in [2.75, 3.05) is 14.2 Å². The molecular weight excluding hydrogens is 209 g/mol. The van der Waals surface area contributed by atoms with Crippen LogP contribution in [0.3, 0.4) is 0 Å². The van der Waals surface area contributed by atoms with Gasteiger partial charge < -0.3 is 9.47 Å². The second-order valence-corrected chi connectivity index (χ2v) is 3.84. The van der Waals surface area contributed by atoms with E-state index >= 15 is 0 Å². The number of nitrogens with zero attached hydrogens (tertiary/aromatic N) is 1. The fourth-order valence-corrected chi connectivity index (χ4v) is 1.39. The van der Waals surface area contributed by atoms with E-state index in [-0.39, 0.29) is 5.56 Å². The Morgan fingerprint density at radius 3 is 2.25 bits per heavy atom. The first-order valence-corrected chi connectivity index (χ1v) is 4.79. The highest BCUT2D eigenvalue weighted by molar-refractivity contribution is 5.55. The molecule has 0 radical (unpaired) electrons. The fraction of sp³-hybridized carbons (Fsp3) is 0.417. The first-order valence-electron chi connectivity index (χ1n) is 4.79. The Morgan fingerprint density at radius 2 is 1.88 bits per heavy atom. The molecule has 0 unspecified atom stereocenters. The Labute approximate surface area is 94.4 Å². The van der Waals surface area contributed by atoms with Gasteiger partial charge in [-0.3, -0.25) is 0 Å². The summed E-state index contributed by atoms with van der Waals surface area (Å²) in [7, 11) is 2.90. The van der Waals surface area contributed by atoms with Crippen molar-refractivity contribution in [1.82, 2.24) is 0 Å². The summed E-state index contributed by atoms with van der Waals surface area (Å²) in [5, 5.41) is 8.95. The lowest BCUT2D eigenvalue weighted by molar-refractivity contribution is 0.220. The third-order valence-electron chi connectivity index (χ3n) is 2.29. The Kier molecular flexibility index (Phi) is 3.38. The monoisotopic (exact) mass is 223 g/mol. The predicted molar refractivity (Wildman–Crippen MR) is 58.4 cm³/mol. The smallest absolute Gasteiger partial charge is 0.178 e. The number of hydrogen-bond donors (Lipinski definition) is 0. The van der Waals surface area contributed by atoms with E-state index in [1.54, 1.807) is 6.07 Å². The highest BCUT2D eigenvalue weighted by Gasteiger charge is 2.23. The van der Waals surface area contributed by atoms with Crippen LogP contribution in [0.1, 0.15) is 25.0 Å². The first kappa shape index (κ1) is 12.3. The van der Waals surface area contributed by atoms with Gasteiger partial charge in [0.2, 0.25) is 0 Å². The van der Waals surface area contributed by atoms with Gasteiger partial charge in [0, 0.05) is 0 Å². The first-order chi connectivity index (χ1) is 7.43. The summed E-state index contributed by atoms with van der Waals surface area (Å²) in [6.07, 6.45) is 0. The van der Waals surface area contributed by atoms with Crippen LogP contribution in [0.15, 0.2) is 12.1 Å². The van der Waals surface area contributed by atoms with Crippen LogP contribution in [0.25, 0.3) is 0 Å². The normalized spacial score (nSPS) is 10.8. The van der Waals surface area contributed by atoms with Gasteiger partial charge in [-0.15, -0.1) is 0 Å². The van der Waals surface area contributed by atoms with Crippen LogP contribution < -0.4 is 9.47 Å². The number of methoxy groups -OCH3 is 2. The van der Waals surface area contributed by atoms with E-state index in [0.29, 0.717) is 17.1 Å². The van der Waals surface area contributed by atoms with Crippen LogP contribution in [-0.2, 0) is 5.67 Å². The summed E-state index contributed by atoms with van der Waals surface area (Å²) >= 11 is 0. The van der Waals surface area contributed by atoms with Gasteiger partial charge in [-0.05, 0) is 31.5 Å². The fourth-order valence-electron chi connectivity index (χ4n) is 1.39. The molecule has 0 aliphatic heterocycles. The minimum absolute atomic E-state index is 0.266. The number of hydrogen-bond acceptors (Lipinski definition) is 3. The highest BCUT2D eigenvalue weighted by Crippen LogP contribution is 2.36. The highest BCUT2D eigenvalue weighted by atomic mass is 19.1. The molecular formula is C12H14FNO2. The quantitative estimate of drug-likeness (QED) is 0.791. The minimum atomic E-state index is -1.52. The summed E-state index contributed by atoms with van der Waals surface area (Å²) in [6.45, 7) is 2.85. The zero-order valence-electron chi connectivity index (χ0n) is 9.80. The van der Waals surface area contributed by atoms with Crippen LogP contribution >= 0.6 is 0 Å². The molecule has 0 aliphatic rings. The van der Waals surface area contributed by atoms with Crippen molar-refractivity contribution in [2.45, 2.75) is 19.5 Å². The molecule has 4 heteroatoms. The number of alkyl halides is 1. The second kappa shape index (κ2) is 4.40. The topological polar surface area (TPSA) is 42.2 Å².